The van der Waals surface area contributed by atoms with Crippen LogP contribution in [0.15, 0.2) is 65.7 Å². The van der Waals surface area contributed by atoms with E-state index in [1.807, 2.05) is 17.0 Å². The maximum Gasteiger partial charge on any atom is 0.418 e. The summed E-state index contributed by atoms with van der Waals surface area (Å²) in [6.07, 6.45) is 2.47. The number of piperidine rings is 2. The highest BCUT2D eigenvalue weighted by atomic mass is 35.5. The Morgan fingerprint density at radius 2 is 1.82 bits per heavy atom. The molecule has 3 aliphatic heterocycles. The van der Waals surface area contributed by atoms with Gasteiger partial charge in [0.05, 0.1) is 18.9 Å². The van der Waals surface area contributed by atoms with Crippen molar-refractivity contribution in [3.63, 3.8) is 0 Å². The first-order valence-corrected chi connectivity index (χ1v) is 19.5. The van der Waals surface area contributed by atoms with Crippen LogP contribution in [-0.4, -0.2) is 64.3 Å². The molecule has 0 bridgehead atoms. The number of methoxy groups -OCH3 is 1. The minimum Gasteiger partial charge on any atom is -0.496 e. The fourth-order valence-corrected chi connectivity index (χ4v) is 8.90. The second-order valence-electron chi connectivity index (χ2n) is 15.3. The number of nitrogens with zero attached hydrogens (tertiary/aromatic N) is 4. The SMILES string of the molecule is COc1cc(-c2cn(C)c(=O)c3[nH]ncc23)cc(Cl)c1CN1CCc2c(CC3CCN(c4ccc(NC5CCC(=O)NC5=O)cc4C(F)(F)F)CC3)cccc2C1. The lowest BCUT2D eigenvalue weighted by Crippen LogP contribution is -2.47. The van der Waals surface area contributed by atoms with Crippen molar-refractivity contribution in [2.75, 3.05) is 37.0 Å². The highest BCUT2D eigenvalue weighted by Gasteiger charge is 2.37. The Labute approximate surface area is 332 Å². The van der Waals surface area contributed by atoms with Gasteiger partial charge in [-0.2, -0.15) is 18.3 Å². The lowest BCUT2D eigenvalue weighted by molar-refractivity contribution is -0.137. The van der Waals surface area contributed by atoms with E-state index in [0.29, 0.717) is 47.2 Å². The number of hydrogen-bond donors (Lipinski definition) is 3. The molecule has 2 amide bonds. The minimum absolute atomic E-state index is 0.131. The van der Waals surface area contributed by atoms with Crippen LogP contribution < -0.4 is 25.8 Å². The number of fused-ring (bicyclic) bond motifs is 2. The maximum absolute atomic E-state index is 14.4. The van der Waals surface area contributed by atoms with Crippen molar-refractivity contribution in [3.05, 3.63) is 104 Å². The highest BCUT2D eigenvalue weighted by molar-refractivity contribution is 6.32. The van der Waals surface area contributed by atoms with Crippen molar-refractivity contribution in [2.45, 2.75) is 63.8 Å². The van der Waals surface area contributed by atoms with Gasteiger partial charge in [0.15, 0.2) is 0 Å². The summed E-state index contributed by atoms with van der Waals surface area (Å²) < 4.78 is 50.4. The number of hydrogen-bond acceptors (Lipinski definition) is 8. The molecule has 15 heteroatoms. The molecule has 3 N–H and O–H groups in total. The van der Waals surface area contributed by atoms with Crippen LogP contribution in [-0.2, 0) is 48.7 Å². The Bertz CT molecular complexity index is 2420. The van der Waals surface area contributed by atoms with Crippen LogP contribution in [0.4, 0.5) is 24.5 Å². The summed E-state index contributed by atoms with van der Waals surface area (Å²) in [5.41, 5.74) is 6.29. The average Bonchev–Trinajstić information content (AvgIpc) is 3.69. The number of ether oxygens (including phenoxy) is 1. The van der Waals surface area contributed by atoms with Crippen LogP contribution in [0, 0.1) is 5.92 Å². The number of H-pyrrole nitrogens is 1. The first-order chi connectivity index (χ1) is 27.4. The smallest absolute Gasteiger partial charge is 0.418 e. The molecule has 2 saturated heterocycles. The largest absolute Gasteiger partial charge is 0.496 e. The third kappa shape index (κ3) is 7.84. The second kappa shape index (κ2) is 15.5. The number of aromatic amines is 1. The van der Waals surface area contributed by atoms with Gasteiger partial charge >= 0.3 is 6.18 Å². The van der Waals surface area contributed by atoms with Crippen molar-refractivity contribution in [3.8, 4) is 16.9 Å². The van der Waals surface area contributed by atoms with E-state index in [0.717, 1.165) is 61.5 Å². The molecule has 3 aliphatic rings. The number of alkyl halides is 3. The number of benzene rings is 3. The molecule has 0 saturated carbocycles. The number of carbonyl (C=O) groups is 2. The van der Waals surface area contributed by atoms with Crippen molar-refractivity contribution in [1.82, 2.24) is 25.0 Å². The monoisotopic (exact) mass is 801 g/mol. The van der Waals surface area contributed by atoms with E-state index in [9.17, 15) is 27.6 Å². The minimum atomic E-state index is -4.58. The zero-order chi connectivity index (χ0) is 40.0. The number of anilines is 2. The molecule has 8 rings (SSSR count). The molecule has 1 unspecified atom stereocenters. The normalized spacial score (nSPS) is 18.1. The zero-order valence-electron chi connectivity index (χ0n) is 31.6. The molecular weight excluding hydrogens is 759 g/mol. The van der Waals surface area contributed by atoms with Gasteiger partial charge in [-0.25, -0.2) is 0 Å². The number of pyridine rings is 1. The summed E-state index contributed by atoms with van der Waals surface area (Å²) in [7, 11) is 3.33. The first kappa shape index (κ1) is 38.5. The van der Waals surface area contributed by atoms with Crippen LogP contribution in [0.2, 0.25) is 5.02 Å². The number of halogens is 4. The van der Waals surface area contributed by atoms with E-state index in [1.165, 1.54) is 27.3 Å². The average molecular weight is 802 g/mol. The molecule has 0 spiro atoms. The van der Waals surface area contributed by atoms with Crippen molar-refractivity contribution in [1.29, 1.82) is 0 Å². The Morgan fingerprint density at radius 1 is 1.02 bits per heavy atom. The quantitative estimate of drug-likeness (QED) is 0.139. The predicted molar refractivity (Wildman–Crippen MR) is 212 cm³/mol. The van der Waals surface area contributed by atoms with Crippen LogP contribution in [0.5, 0.6) is 5.75 Å². The molecule has 5 heterocycles. The summed E-state index contributed by atoms with van der Waals surface area (Å²) in [6.45, 7) is 3.18. The highest BCUT2D eigenvalue weighted by Crippen LogP contribution is 2.41. The molecule has 0 aliphatic carbocycles. The van der Waals surface area contributed by atoms with Gasteiger partial charge in [-0.1, -0.05) is 29.8 Å². The van der Waals surface area contributed by atoms with E-state index in [4.69, 9.17) is 16.3 Å². The lowest BCUT2D eigenvalue weighted by Gasteiger charge is -2.36. The van der Waals surface area contributed by atoms with E-state index in [2.05, 4.69) is 43.9 Å². The number of nitrogens with one attached hydrogen (secondary N) is 3. The van der Waals surface area contributed by atoms with E-state index >= 15 is 0 Å². The molecule has 3 aromatic carbocycles. The lowest BCUT2D eigenvalue weighted by atomic mass is 9.85. The van der Waals surface area contributed by atoms with Gasteiger partial charge in [0, 0.05) is 85.3 Å². The molecule has 1 atom stereocenters. The number of carbonyl (C=O) groups excluding carboxylic acids is 2. The number of amides is 2. The molecule has 5 aromatic rings. The number of rotatable bonds is 9. The van der Waals surface area contributed by atoms with Crippen LogP contribution >= 0.6 is 11.6 Å². The maximum atomic E-state index is 14.4. The van der Waals surface area contributed by atoms with Gasteiger partial charge < -0.3 is 19.5 Å². The fourth-order valence-electron chi connectivity index (χ4n) is 8.63. The van der Waals surface area contributed by atoms with Gasteiger partial charge in [0.2, 0.25) is 11.8 Å². The van der Waals surface area contributed by atoms with Crippen molar-refractivity contribution < 1.29 is 27.5 Å². The third-order valence-electron chi connectivity index (χ3n) is 11.6. The standard InChI is InChI=1S/C42H43ClF3N7O4/c1-51-22-31(30-20-47-50-39(30)41(51)56)27-17-34(43)32(37(18-27)57-2)23-52-13-12-29-25(4-3-5-26(29)21-52)16-24-10-14-53(15-11-24)36-8-6-28(19-33(36)42(44,45)46)48-35-7-9-38(54)49-40(35)55/h3-6,8,17-20,22,24,35,48H,7,9-16,21,23H2,1-2H3,(H,47,50)(H,49,54,55). The fraction of sp³-hybridized carbons (Fsp3) is 0.381. The van der Waals surface area contributed by atoms with Gasteiger partial charge in [-0.3, -0.25) is 29.7 Å². The van der Waals surface area contributed by atoms with Crippen molar-refractivity contribution in [2.24, 2.45) is 13.0 Å². The van der Waals surface area contributed by atoms with Crippen LogP contribution in [0.3, 0.4) is 0 Å². The summed E-state index contributed by atoms with van der Waals surface area (Å²) in [4.78, 5) is 40.5. The Hall–Kier alpha value is -5.34. The van der Waals surface area contributed by atoms with E-state index < -0.39 is 23.7 Å². The van der Waals surface area contributed by atoms with Gasteiger partial charge in [-0.05, 0) is 90.6 Å². The molecular formula is C42H43ClF3N7O4. The number of aryl methyl sites for hydroxylation is 1. The van der Waals surface area contributed by atoms with E-state index in [-0.39, 0.29) is 35.7 Å². The Kier molecular flexibility index (Phi) is 10.5. The Morgan fingerprint density at radius 3 is 2.58 bits per heavy atom. The van der Waals surface area contributed by atoms with Gasteiger partial charge in [0.25, 0.3) is 5.56 Å². The van der Waals surface area contributed by atoms with Crippen LogP contribution in [0.25, 0.3) is 22.0 Å². The molecule has 298 valence electrons. The zero-order valence-corrected chi connectivity index (χ0v) is 32.4. The van der Waals surface area contributed by atoms with Crippen molar-refractivity contribution >= 4 is 45.7 Å². The summed E-state index contributed by atoms with van der Waals surface area (Å²) in [5.74, 6) is 0.0840. The summed E-state index contributed by atoms with van der Waals surface area (Å²) in [6, 6.07) is 13.7. The number of imide groups is 1. The number of aromatic nitrogens is 3. The summed E-state index contributed by atoms with van der Waals surface area (Å²) >= 11 is 6.96. The molecule has 0 radical (unpaired) electrons. The summed E-state index contributed by atoms with van der Waals surface area (Å²) in [5, 5.41) is 13.3. The van der Waals surface area contributed by atoms with Gasteiger partial charge in [0.1, 0.15) is 17.3 Å². The Balaban J connectivity index is 0.920. The van der Waals surface area contributed by atoms with Crippen LogP contribution in [0.1, 0.15) is 53.5 Å². The first-order valence-electron chi connectivity index (χ1n) is 19.1. The molecule has 57 heavy (non-hydrogen) atoms. The molecule has 2 fully saturated rings. The topological polar surface area (TPSA) is 125 Å². The molecule has 2 aromatic heterocycles. The van der Waals surface area contributed by atoms with E-state index in [1.54, 1.807) is 32.6 Å². The second-order valence-corrected chi connectivity index (χ2v) is 15.7. The third-order valence-corrected chi connectivity index (χ3v) is 12.0. The molecule has 11 nitrogen and oxygen atoms in total. The van der Waals surface area contributed by atoms with Gasteiger partial charge in [-0.15, -0.1) is 0 Å². The predicted octanol–water partition coefficient (Wildman–Crippen LogP) is 6.84.